The van der Waals surface area contributed by atoms with Crippen LogP contribution in [0, 0.1) is 6.92 Å². The summed E-state index contributed by atoms with van der Waals surface area (Å²) in [6, 6.07) is 11.0. The minimum Gasteiger partial charge on any atom is -0.384 e. The zero-order valence-electron chi connectivity index (χ0n) is 11.9. The number of anilines is 1. The van der Waals surface area contributed by atoms with E-state index in [2.05, 4.69) is 10.3 Å². The molecule has 0 aliphatic carbocycles. The highest BCUT2D eigenvalue weighted by Crippen LogP contribution is 2.08. The SMILES string of the molecule is Cc1cc(N)nc(CCNC(=O)c2ccc(CCl)cc2)c1. The Labute approximate surface area is 129 Å². The lowest BCUT2D eigenvalue weighted by molar-refractivity contribution is 0.0954. The third-order valence-electron chi connectivity index (χ3n) is 3.08. The summed E-state index contributed by atoms with van der Waals surface area (Å²) >= 11 is 5.72. The predicted molar refractivity (Wildman–Crippen MR) is 85.4 cm³/mol. The van der Waals surface area contributed by atoms with Gasteiger partial charge in [0.1, 0.15) is 5.82 Å². The topological polar surface area (TPSA) is 68.0 Å². The molecule has 0 saturated carbocycles. The van der Waals surface area contributed by atoms with Gasteiger partial charge >= 0.3 is 0 Å². The van der Waals surface area contributed by atoms with Crippen molar-refractivity contribution in [1.29, 1.82) is 0 Å². The molecule has 0 unspecified atom stereocenters. The van der Waals surface area contributed by atoms with Crippen LogP contribution in [0.25, 0.3) is 0 Å². The number of benzene rings is 1. The predicted octanol–water partition coefficient (Wildman–Crippen LogP) is 2.68. The van der Waals surface area contributed by atoms with Crippen molar-refractivity contribution in [1.82, 2.24) is 10.3 Å². The first-order valence-corrected chi connectivity index (χ1v) is 7.28. The maximum atomic E-state index is 12.0. The number of hydrogen-bond donors (Lipinski definition) is 2. The average molecular weight is 304 g/mol. The second-order valence-electron chi connectivity index (χ2n) is 4.90. The molecule has 110 valence electrons. The summed E-state index contributed by atoms with van der Waals surface area (Å²) in [5.41, 5.74) is 9.27. The van der Waals surface area contributed by atoms with Crippen molar-refractivity contribution in [3.63, 3.8) is 0 Å². The zero-order chi connectivity index (χ0) is 15.2. The number of pyridine rings is 1. The van der Waals surface area contributed by atoms with Crippen molar-refractivity contribution in [2.45, 2.75) is 19.2 Å². The quantitative estimate of drug-likeness (QED) is 0.835. The third-order valence-corrected chi connectivity index (χ3v) is 3.39. The standard InChI is InChI=1S/C16H18ClN3O/c1-11-8-14(20-15(18)9-11)6-7-19-16(21)13-4-2-12(10-17)3-5-13/h2-5,8-9H,6-7,10H2,1H3,(H2,18,20)(H,19,21). The van der Waals surface area contributed by atoms with Crippen LogP contribution in [-0.4, -0.2) is 17.4 Å². The van der Waals surface area contributed by atoms with Gasteiger partial charge in [-0.25, -0.2) is 4.98 Å². The summed E-state index contributed by atoms with van der Waals surface area (Å²) in [7, 11) is 0. The number of carbonyl (C=O) groups is 1. The molecular formula is C16H18ClN3O. The number of rotatable bonds is 5. The lowest BCUT2D eigenvalue weighted by atomic mass is 10.1. The number of amides is 1. The van der Waals surface area contributed by atoms with Crippen LogP contribution in [0.4, 0.5) is 5.82 Å². The smallest absolute Gasteiger partial charge is 0.251 e. The number of nitrogens with one attached hydrogen (secondary N) is 1. The van der Waals surface area contributed by atoms with Gasteiger partial charge in [-0.05, 0) is 42.3 Å². The van der Waals surface area contributed by atoms with E-state index < -0.39 is 0 Å². The molecule has 1 aromatic carbocycles. The number of carbonyl (C=O) groups excluding carboxylic acids is 1. The van der Waals surface area contributed by atoms with Crippen molar-refractivity contribution >= 4 is 23.3 Å². The number of halogens is 1. The molecule has 1 heterocycles. The summed E-state index contributed by atoms with van der Waals surface area (Å²) in [5, 5.41) is 2.87. The second kappa shape index (κ2) is 7.09. The maximum Gasteiger partial charge on any atom is 0.251 e. The van der Waals surface area contributed by atoms with Gasteiger partial charge in [0, 0.05) is 30.1 Å². The largest absolute Gasteiger partial charge is 0.384 e. The highest BCUT2D eigenvalue weighted by atomic mass is 35.5. The van der Waals surface area contributed by atoms with Crippen LogP contribution in [0.1, 0.15) is 27.2 Å². The number of hydrogen-bond acceptors (Lipinski definition) is 3. The molecule has 5 heteroatoms. The number of nitrogen functional groups attached to an aromatic ring is 1. The number of nitrogens with two attached hydrogens (primary N) is 1. The van der Waals surface area contributed by atoms with Crippen LogP contribution in [0.5, 0.6) is 0 Å². The van der Waals surface area contributed by atoms with Gasteiger partial charge in [0.25, 0.3) is 5.91 Å². The Morgan fingerprint density at radius 1 is 1.29 bits per heavy atom. The Morgan fingerprint density at radius 3 is 2.62 bits per heavy atom. The van der Waals surface area contributed by atoms with Crippen molar-refractivity contribution in [2.24, 2.45) is 0 Å². The van der Waals surface area contributed by atoms with E-state index in [0.29, 0.717) is 30.2 Å². The van der Waals surface area contributed by atoms with E-state index in [1.165, 1.54) is 0 Å². The van der Waals surface area contributed by atoms with E-state index in [-0.39, 0.29) is 5.91 Å². The molecule has 0 spiro atoms. The Morgan fingerprint density at radius 2 is 2.00 bits per heavy atom. The second-order valence-corrected chi connectivity index (χ2v) is 5.16. The molecular weight excluding hydrogens is 286 g/mol. The molecule has 0 bridgehead atoms. The first-order valence-electron chi connectivity index (χ1n) is 6.74. The Bertz CT molecular complexity index is 606. The van der Waals surface area contributed by atoms with Gasteiger partial charge in [-0.3, -0.25) is 4.79 Å². The van der Waals surface area contributed by atoms with Crippen molar-refractivity contribution in [3.05, 3.63) is 58.8 Å². The molecule has 2 aromatic rings. The molecule has 0 saturated heterocycles. The van der Waals surface area contributed by atoms with Crippen molar-refractivity contribution in [3.8, 4) is 0 Å². The third kappa shape index (κ3) is 4.46. The average Bonchev–Trinajstić information content (AvgIpc) is 2.46. The molecule has 0 aliphatic heterocycles. The molecule has 1 aromatic heterocycles. The van der Waals surface area contributed by atoms with Crippen LogP contribution in [0.15, 0.2) is 36.4 Å². The molecule has 3 N–H and O–H groups in total. The van der Waals surface area contributed by atoms with Gasteiger partial charge < -0.3 is 11.1 Å². The molecule has 0 radical (unpaired) electrons. The van der Waals surface area contributed by atoms with E-state index in [4.69, 9.17) is 17.3 Å². The zero-order valence-corrected chi connectivity index (χ0v) is 12.7. The molecule has 0 fully saturated rings. The summed E-state index contributed by atoms with van der Waals surface area (Å²) < 4.78 is 0. The lowest BCUT2D eigenvalue weighted by Gasteiger charge is -2.07. The molecule has 4 nitrogen and oxygen atoms in total. The highest BCUT2D eigenvalue weighted by Gasteiger charge is 2.05. The number of aryl methyl sites for hydroxylation is 1. The first kappa shape index (κ1) is 15.3. The van der Waals surface area contributed by atoms with Gasteiger partial charge in [-0.2, -0.15) is 0 Å². The van der Waals surface area contributed by atoms with Crippen LogP contribution < -0.4 is 11.1 Å². The van der Waals surface area contributed by atoms with Crippen LogP contribution in [0.3, 0.4) is 0 Å². The number of nitrogens with zero attached hydrogens (tertiary/aromatic N) is 1. The Balaban J connectivity index is 1.88. The Kier molecular flexibility index (Phi) is 5.17. The molecule has 21 heavy (non-hydrogen) atoms. The summed E-state index contributed by atoms with van der Waals surface area (Å²) in [4.78, 5) is 16.2. The minimum absolute atomic E-state index is 0.100. The van der Waals surface area contributed by atoms with Gasteiger partial charge in [0.05, 0.1) is 0 Å². The van der Waals surface area contributed by atoms with Crippen LogP contribution in [-0.2, 0) is 12.3 Å². The summed E-state index contributed by atoms with van der Waals surface area (Å²) in [5.74, 6) is 0.854. The lowest BCUT2D eigenvalue weighted by Crippen LogP contribution is -2.25. The van der Waals surface area contributed by atoms with E-state index >= 15 is 0 Å². The molecule has 1 amide bonds. The fraction of sp³-hybridized carbons (Fsp3) is 0.250. The van der Waals surface area contributed by atoms with E-state index in [1.54, 1.807) is 12.1 Å². The molecule has 0 atom stereocenters. The number of alkyl halides is 1. The van der Waals surface area contributed by atoms with E-state index in [9.17, 15) is 4.79 Å². The van der Waals surface area contributed by atoms with Gasteiger partial charge in [0.2, 0.25) is 0 Å². The van der Waals surface area contributed by atoms with Crippen molar-refractivity contribution in [2.75, 3.05) is 12.3 Å². The van der Waals surface area contributed by atoms with E-state index in [0.717, 1.165) is 16.8 Å². The highest BCUT2D eigenvalue weighted by molar-refractivity contribution is 6.17. The van der Waals surface area contributed by atoms with Gasteiger partial charge in [0.15, 0.2) is 0 Å². The first-order chi connectivity index (χ1) is 10.1. The monoisotopic (exact) mass is 303 g/mol. The normalized spacial score (nSPS) is 10.4. The fourth-order valence-electron chi connectivity index (χ4n) is 2.05. The molecule has 2 rings (SSSR count). The fourth-order valence-corrected chi connectivity index (χ4v) is 2.23. The molecule has 0 aliphatic rings. The maximum absolute atomic E-state index is 12.0. The van der Waals surface area contributed by atoms with Gasteiger partial charge in [-0.15, -0.1) is 11.6 Å². The van der Waals surface area contributed by atoms with Gasteiger partial charge in [-0.1, -0.05) is 12.1 Å². The number of aromatic nitrogens is 1. The minimum atomic E-state index is -0.100. The van der Waals surface area contributed by atoms with E-state index in [1.807, 2.05) is 31.2 Å². The van der Waals surface area contributed by atoms with Crippen LogP contribution >= 0.6 is 11.6 Å². The Hall–Kier alpha value is -2.07. The van der Waals surface area contributed by atoms with Crippen molar-refractivity contribution < 1.29 is 4.79 Å². The summed E-state index contributed by atoms with van der Waals surface area (Å²) in [6.07, 6.45) is 0.650. The summed E-state index contributed by atoms with van der Waals surface area (Å²) in [6.45, 7) is 2.49. The van der Waals surface area contributed by atoms with Crippen LogP contribution in [0.2, 0.25) is 0 Å².